The standard InChI is InChI=1S/C27H39N3O4S/c1-5-29(6-2)26(22-12-14-24(34-4)15-13-22)18-28-19-27(31)23-10-7-11-25(17-23)35(32,33)30-16-8-9-21(3)20-30/h7,10-15,17,21,26,28H,5-6,8-9,16,18-20H2,1-4H3. The van der Waals surface area contributed by atoms with Crippen molar-refractivity contribution in [1.82, 2.24) is 14.5 Å². The highest BCUT2D eigenvalue weighted by Gasteiger charge is 2.29. The van der Waals surface area contributed by atoms with E-state index < -0.39 is 10.0 Å². The molecule has 2 unspecified atom stereocenters. The lowest BCUT2D eigenvalue weighted by Crippen LogP contribution is -2.39. The van der Waals surface area contributed by atoms with E-state index in [1.807, 2.05) is 12.1 Å². The molecule has 0 spiro atoms. The second kappa shape index (κ2) is 12.6. The molecule has 35 heavy (non-hydrogen) atoms. The molecule has 1 fully saturated rings. The number of sulfonamides is 1. The van der Waals surface area contributed by atoms with Crippen LogP contribution in [0.15, 0.2) is 53.4 Å². The monoisotopic (exact) mass is 501 g/mol. The molecule has 3 rings (SSSR count). The van der Waals surface area contributed by atoms with Crippen molar-refractivity contribution in [3.63, 3.8) is 0 Å². The van der Waals surface area contributed by atoms with Crippen LogP contribution in [0.4, 0.5) is 0 Å². The van der Waals surface area contributed by atoms with Gasteiger partial charge in [0.25, 0.3) is 0 Å². The fraction of sp³-hybridized carbons (Fsp3) is 0.519. The van der Waals surface area contributed by atoms with E-state index in [1.54, 1.807) is 29.6 Å². The summed E-state index contributed by atoms with van der Waals surface area (Å²) in [4.78, 5) is 15.5. The van der Waals surface area contributed by atoms with Gasteiger partial charge in [0.05, 0.1) is 18.6 Å². The minimum Gasteiger partial charge on any atom is -0.497 e. The van der Waals surface area contributed by atoms with E-state index in [0.717, 1.165) is 37.2 Å². The molecule has 2 atom stereocenters. The molecule has 1 saturated heterocycles. The zero-order valence-corrected chi connectivity index (χ0v) is 22.2. The molecule has 1 aliphatic rings. The summed E-state index contributed by atoms with van der Waals surface area (Å²) in [6, 6.07) is 14.6. The molecule has 0 saturated carbocycles. The summed E-state index contributed by atoms with van der Waals surface area (Å²) >= 11 is 0. The first-order chi connectivity index (χ1) is 16.8. The summed E-state index contributed by atoms with van der Waals surface area (Å²) in [5, 5.41) is 3.30. The Morgan fingerprint density at radius 2 is 1.89 bits per heavy atom. The Morgan fingerprint density at radius 3 is 2.51 bits per heavy atom. The van der Waals surface area contributed by atoms with Gasteiger partial charge in [0.2, 0.25) is 10.0 Å². The quantitative estimate of drug-likeness (QED) is 0.444. The first-order valence-electron chi connectivity index (χ1n) is 12.5. The van der Waals surface area contributed by atoms with Crippen LogP contribution in [0.5, 0.6) is 5.75 Å². The minimum atomic E-state index is -3.60. The second-order valence-electron chi connectivity index (χ2n) is 9.20. The molecule has 0 radical (unpaired) electrons. The van der Waals surface area contributed by atoms with E-state index in [1.165, 1.54) is 6.07 Å². The SMILES string of the molecule is CCN(CC)C(CNCC(=O)c1cccc(S(=O)(=O)N2CCCC(C)C2)c1)c1ccc(OC)cc1. The maximum Gasteiger partial charge on any atom is 0.243 e. The lowest BCUT2D eigenvalue weighted by atomic mass is 10.0. The van der Waals surface area contributed by atoms with Gasteiger partial charge in [-0.1, -0.05) is 45.0 Å². The lowest BCUT2D eigenvalue weighted by Gasteiger charge is -2.30. The number of hydrogen-bond acceptors (Lipinski definition) is 6. The van der Waals surface area contributed by atoms with Crippen LogP contribution in [0.3, 0.4) is 0 Å². The Hall–Kier alpha value is -2.26. The van der Waals surface area contributed by atoms with E-state index in [-0.39, 0.29) is 23.3 Å². The average Bonchev–Trinajstić information content (AvgIpc) is 2.88. The number of ketones is 1. The summed E-state index contributed by atoms with van der Waals surface area (Å²) in [6.07, 6.45) is 1.91. The van der Waals surface area contributed by atoms with Crippen molar-refractivity contribution in [2.75, 3.05) is 46.4 Å². The first-order valence-corrected chi connectivity index (χ1v) is 14.0. The van der Waals surface area contributed by atoms with Gasteiger partial charge in [0.15, 0.2) is 5.78 Å². The van der Waals surface area contributed by atoms with Crippen molar-refractivity contribution in [1.29, 1.82) is 0 Å². The molecule has 8 heteroatoms. The van der Waals surface area contributed by atoms with Crippen molar-refractivity contribution in [3.8, 4) is 5.75 Å². The van der Waals surface area contributed by atoms with Gasteiger partial charge in [-0.3, -0.25) is 9.69 Å². The first kappa shape index (κ1) is 27.3. The summed E-state index contributed by atoms with van der Waals surface area (Å²) in [7, 11) is -1.95. The Bertz CT molecular complexity index is 1070. The summed E-state index contributed by atoms with van der Waals surface area (Å²) in [5.74, 6) is 1.03. The van der Waals surface area contributed by atoms with Gasteiger partial charge >= 0.3 is 0 Å². The van der Waals surface area contributed by atoms with Crippen LogP contribution in [-0.4, -0.2) is 69.8 Å². The maximum absolute atomic E-state index is 13.1. The molecule has 7 nitrogen and oxygen atoms in total. The number of methoxy groups -OCH3 is 1. The van der Waals surface area contributed by atoms with Crippen LogP contribution in [0, 0.1) is 5.92 Å². The molecule has 2 aromatic rings. The molecule has 1 aliphatic heterocycles. The minimum absolute atomic E-state index is 0.108. The van der Waals surface area contributed by atoms with Crippen LogP contribution in [0.2, 0.25) is 0 Å². The molecule has 0 aromatic heterocycles. The predicted octanol–water partition coefficient (Wildman–Crippen LogP) is 3.97. The van der Waals surface area contributed by atoms with Crippen molar-refractivity contribution >= 4 is 15.8 Å². The van der Waals surface area contributed by atoms with Crippen molar-refractivity contribution < 1.29 is 17.9 Å². The smallest absolute Gasteiger partial charge is 0.243 e. The molecule has 192 valence electrons. The fourth-order valence-electron chi connectivity index (χ4n) is 4.72. The van der Waals surface area contributed by atoms with E-state index in [0.29, 0.717) is 31.1 Å². The third-order valence-electron chi connectivity index (χ3n) is 6.79. The molecule has 1 N–H and O–H groups in total. The Kier molecular flexibility index (Phi) is 9.86. The van der Waals surface area contributed by atoms with Gasteiger partial charge < -0.3 is 10.1 Å². The number of piperidine rings is 1. The predicted molar refractivity (Wildman–Crippen MR) is 139 cm³/mol. The van der Waals surface area contributed by atoms with Gasteiger partial charge in [-0.2, -0.15) is 4.31 Å². The highest BCUT2D eigenvalue weighted by molar-refractivity contribution is 7.89. The summed E-state index contributed by atoms with van der Waals surface area (Å²) < 4.78 is 33.1. The van der Waals surface area contributed by atoms with Gasteiger partial charge in [-0.05, 0) is 61.7 Å². The van der Waals surface area contributed by atoms with E-state index in [2.05, 4.69) is 43.1 Å². The summed E-state index contributed by atoms with van der Waals surface area (Å²) in [6.45, 7) is 9.90. The largest absolute Gasteiger partial charge is 0.497 e. The second-order valence-corrected chi connectivity index (χ2v) is 11.1. The van der Waals surface area contributed by atoms with Gasteiger partial charge in [-0.25, -0.2) is 8.42 Å². The highest BCUT2D eigenvalue weighted by atomic mass is 32.2. The van der Waals surface area contributed by atoms with Crippen molar-refractivity contribution in [2.45, 2.75) is 44.6 Å². The zero-order chi connectivity index (χ0) is 25.4. The molecule has 2 aromatic carbocycles. The number of benzene rings is 2. The van der Waals surface area contributed by atoms with Gasteiger partial charge in [0.1, 0.15) is 5.75 Å². The number of nitrogens with one attached hydrogen (secondary N) is 1. The van der Waals surface area contributed by atoms with Crippen LogP contribution in [-0.2, 0) is 10.0 Å². The van der Waals surface area contributed by atoms with Crippen LogP contribution >= 0.6 is 0 Å². The number of hydrogen-bond donors (Lipinski definition) is 1. The number of rotatable bonds is 12. The topological polar surface area (TPSA) is 79.0 Å². The van der Waals surface area contributed by atoms with Gasteiger partial charge in [-0.15, -0.1) is 0 Å². The molecule has 0 bridgehead atoms. The Balaban J connectivity index is 1.67. The molecule has 1 heterocycles. The number of ether oxygens (including phenoxy) is 1. The highest BCUT2D eigenvalue weighted by Crippen LogP contribution is 2.25. The van der Waals surface area contributed by atoms with E-state index in [9.17, 15) is 13.2 Å². The number of Topliss-reactive ketones (excluding diaryl/α,β-unsaturated/α-hetero) is 1. The van der Waals surface area contributed by atoms with E-state index in [4.69, 9.17) is 4.74 Å². The van der Waals surface area contributed by atoms with E-state index >= 15 is 0 Å². The Morgan fingerprint density at radius 1 is 1.17 bits per heavy atom. The molecular weight excluding hydrogens is 462 g/mol. The maximum atomic E-state index is 13.1. The molecule has 0 aliphatic carbocycles. The van der Waals surface area contributed by atoms with Gasteiger partial charge in [0, 0.05) is 31.2 Å². The van der Waals surface area contributed by atoms with Crippen LogP contribution < -0.4 is 10.1 Å². The normalized spacial score (nSPS) is 17.9. The molecule has 0 amide bonds. The number of carbonyl (C=O) groups is 1. The number of carbonyl (C=O) groups excluding carboxylic acids is 1. The summed E-state index contributed by atoms with van der Waals surface area (Å²) in [5.41, 5.74) is 1.56. The Labute approximate surface area is 210 Å². The van der Waals surface area contributed by atoms with Crippen LogP contribution in [0.1, 0.15) is 55.6 Å². The zero-order valence-electron chi connectivity index (χ0n) is 21.4. The van der Waals surface area contributed by atoms with Crippen LogP contribution in [0.25, 0.3) is 0 Å². The third-order valence-corrected chi connectivity index (χ3v) is 8.65. The number of nitrogens with zero attached hydrogens (tertiary/aromatic N) is 2. The third kappa shape index (κ3) is 6.91. The van der Waals surface area contributed by atoms with Crippen molar-refractivity contribution in [2.24, 2.45) is 5.92 Å². The van der Waals surface area contributed by atoms with Crippen molar-refractivity contribution in [3.05, 3.63) is 59.7 Å². The fourth-order valence-corrected chi connectivity index (χ4v) is 6.36. The average molecular weight is 502 g/mol. The number of likely N-dealkylation sites (N-methyl/N-ethyl adjacent to an activating group) is 1. The molecular formula is C27H39N3O4S. The lowest BCUT2D eigenvalue weighted by molar-refractivity contribution is 0.0986.